The minimum atomic E-state index is 0.238. The molecule has 0 unspecified atom stereocenters. The van der Waals surface area contributed by atoms with Crippen LogP contribution < -0.4 is 5.32 Å². The van der Waals surface area contributed by atoms with Gasteiger partial charge in [-0.1, -0.05) is 51.6 Å². The van der Waals surface area contributed by atoms with E-state index >= 15 is 0 Å². The van der Waals surface area contributed by atoms with E-state index < -0.39 is 0 Å². The summed E-state index contributed by atoms with van der Waals surface area (Å²) in [7, 11) is 0. The van der Waals surface area contributed by atoms with E-state index in [1.807, 2.05) is 6.92 Å². The summed E-state index contributed by atoms with van der Waals surface area (Å²) in [5.41, 5.74) is 2.79. The van der Waals surface area contributed by atoms with Crippen LogP contribution in [0.15, 0.2) is 54.2 Å². The van der Waals surface area contributed by atoms with Crippen molar-refractivity contribution in [1.29, 1.82) is 0 Å². The fourth-order valence-electron chi connectivity index (χ4n) is 1.38. The Kier molecular flexibility index (Phi) is 8.27. The first-order valence-electron chi connectivity index (χ1n) is 6.48. The van der Waals surface area contributed by atoms with Crippen LogP contribution in [0.4, 0.5) is 5.69 Å². The van der Waals surface area contributed by atoms with Gasteiger partial charge in [0.1, 0.15) is 0 Å². The van der Waals surface area contributed by atoms with Crippen LogP contribution in [0, 0.1) is 0 Å². The molecular formula is C17H26N2. The van der Waals surface area contributed by atoms with E-state index in [2.05, 4.69) is 80.8 Å². The number of nitrogens with one attached hydrogen (secondary N) is 1. The van der Waals surface area contributed by atoms with Gasteiger partial charge in [0.2, 0.25) is 0 Å². The Morgan fingerprint density at radius 3 is 2.11 bits per heavy atom. The van der Waals surface area contributed by atoms with E-state index in [0.717, 1.165) is 6.54 Å². The van der Waals surface area contributed by atoms with Crippen LogP contribution in [0.3, 0.4) is 0 Å². The highest BCUT2D eigenvalue weighted by Gasteiger charge is 2.12. The van der Waals surface area contributed by atoms with Crippen molar-refractivity contribution in [3.8, 4) is 0 Å². The molecule has 1 N–H and O–H groups in total. The van der Waals surface area contributed by atoms with Gasteiger partial charge in [-0.05, 0) is 36.8 Å². The summed E-state index contributed by atoms with van der Waals surface area (Å²) in [4.78, 5) is 3.25. The molecule has 0 aliphatic carbocycles. The van der Waals surface area contributed by atoms with Crippen LogP contribution in [0.2, 0.25) is 0 Å². The molecule has 0 saturated heterocycles. The maximum atomic E-state index is 3.34. The second kappa shape index (κ2) is 9.15. The summed E-state index contributed by atoms with van der Waals surface area (Å²) in [6.07, 6.45) is 5.55. The van der Waals surface area contributed by atoms with E-state index in [9.17, 15) is 0 Å². The lowest BCUT2D eigenvalue weighted by molar-refractivity contribution is 0.590. The molecule has 1 aromatic carbocycles. The predicted octanol–water partition coefficient (Wildman–Crippen LogP) is 4.80. The standard InChI is InChI=1S/C14H21N.C3H5N/c1-5-6-11-15-13-9-7-12(8-10-13)14(2,3)4;1-3-4-2/h5-10,15H,11H2,1-4H3;3H,1-2H2/b6-5-;. The molecule has 0 spiro atoms. The Hall–Kier alpha value is -1.83. The Balaban J connectivity index is 0.000000711. The van der Waals surface area contributed by atoms with Gasteiger partial charge in [-0.25, -0.2) is 0 Å². The van der Waals surface area contributed by atoms with Crippen molar-refractivity contribution < 1.29 is 0 Å². The minimum Gasteiger partial charge on any atom is -0.382 e. The number of allylic oxidation sites excluding steroid dienone is 1. The molecule has 2 heteroatoms. The molecule has 0 aliphatic heterocycles. The number of hydrogen-bond donors (Lipinski definition) is 1. The third-order valence-corrected chi connectivity index (χ3v) is 2.54. The fourth-order valence-corrected chi connectivity index (χ4v) is 1.38. The summed E-state index contributed by atoms with van der Waals surface area (Å²) in [6, 6.07) is 8.67. The number of nitrogens with zero attached hydrogens (tertiary/aromatic N) is 1. The molecule has 0 amide bonds. The van der Waals surface area contributed by atoms with Crippen molar-refractivity contribution in [2.45, 2.75) is 33.1 Å². The zero-order valence-electron chi connectivity index (χ0n) is 12.6. The Labute approximate surface area is 118 Å². The number of hydrogen-bond acceptors (Lipinski definition) is 2. The van der Waals surface area contributed by atoms with Crippen LogP contribution >= 0.6 is 0 Å². The molecule has 0 radical (unpaired) electrons. The zero-order valence-corrected chi connectivity index (χ0v) is 12.6. The van der Waals surface area contributed by atoms with Gasteiger partial charge < -0.3 is 5.32 Å². The molecule has 0 bridgehead atoms. The lowest BCUT2D eigenvalue weighted by atomic mass is 9.87. The third kappa shape index (κ3) is 7.98. The topological polar surface area (TPSA) is 24.4 Å². The van der Waals surface area contributed by atoms with Crippen molar-refractivity contribution in [1.82, 2.24) is 0 Å². The summed E-state index contributed by atoms with van der Waals surface area (Å²) >= 11 is 0. The molecule has 1 aromatic rings. The van der Waals surface area contributed by atoms with Crippen molar-refractivity contribution in [3.05, 3.63) is 54.8 Å². The van der Waals surface area contributed by atoms with Crippen LogP contribution in [0.1, 0.15) is 33.3 Å². The molecule has 2 nitrogen and oxygen atoms in total. The van der Waals surface area contributed by atoms with Gasteiger partial charge >= 0.3 is 0 Å². The highest BCUT2D eigenvalue weighted by atomic mass is 14.8. The van der Waals surface area contributed by atoms with Crippen molar-refractivity contribution in [2.24, 2.45) is 4.99 Å². The molecule has 0 atom stereocenters. The smallest absolute Gasteiger partial charge is 0.0342 e. The Morgan fingerprint density at radius 2 is 1.74 bits per heavy atom. The first kappa shape index (κ1) is 17.2. The van der Waals surface area contributed by atoms with E-state index in [-0.39, 0.29) is 5.41 Å². The van der Waals surface area contributed by atoms with Crippen LogP contribution in [0.5, 0.6) is 0 Å². The number of rotatable bonds is 4. The number of aliphatic imine (C=N–C) groups is 1. The lowest BCUT2D eigenvalue weighted by Crippen LogP contribution is -2.10. The largest absolute Gasteiger partial charge is 0.382 e. The summed E-state index contributed by atoms with van der Waals surface area (Å²) in [5.74, 6) is 0. The van der Waals surface area contributed by atoms with E-state index in [1.54, 1.807) is 0 Å². The van der Waals surface area contributed by atoms with Gasteiger partial charge in [0, 0.05) is 18.4 Å². The van der Waals surface area contributed by atoms with Crippen molar-refractivity contribution in [3.63, 3.8) is 0 Å². The summed E-state index contributed by atoms with van der Waals surface area (Å²) in [6.45, 7) is 16.0. The second-order valence-corrected chi connectivity index (χ2v) is 5.14. The zero-order chi connectivity index (χ0) is 14.7. The maximum Gasteiger partial charge on any atom is 0.0342 e. The molecular weight excluding hydrogens is 232 g/mol. The molecule has 0 aliphatic rings. The van der Waals surface area contributed by atoms with Gasteiger partial charge in [0.05, 0.1) is 0 Å². The normalized spacial score (nSPS) is 10.5. The Morgan fingerprint density at radius 1 is 1.21 bits per heavy atom. The van der Waals surface area contributed by atoms with E-state index in [4.69, 9.17) is 0 Å². The molecule has 0 fully saturated rings. The monoisotopic (exact) mass is 258 g/mol. The number of anilines is 1. The average Bonchev–Trinajstić information content (AvgIpc) is 2.39. The fraction of sp³-hybridized carbons (Fsp3) is 0.353. The summed E-state index contributed by atoms with van der Waals surface area (Å²) < 4.78 is 0. The van der Waals surface area contributed by atoms with Crippen molar-refractivity contribution in [2.75, 3.05) is 11.9 Å². The van der Waals surface area contributed by atoms with Crippen LogP contribution in [-0.2, 0) is 5.41 Å². The predicted molar refractivity (Wildman–Crippen MR) is 88.2 cm³/mol. The van der Waals surface area contributed by atoms with Gasteiger partial charge in [-0.3, -0.25) is 4.99 Å². The first-order valence-corrected chi connectivity index (χ1v) is 6.48. The highest BCUT2D eigenvalue weighted by Crippen LogP contribution is 2.23. The van der Waals surface area contributed by atoms with Crippen LogP contribution in [0.25, 0.3) is 0 Å². The van der Waals surface area contributed by atoms with Gasteiger partial charge in [0.25, 0.3) is 0 Å². The molecule has 0 heterocycles. The first-order chi connectivity index (χ1) is 8.95. The van der Waals surface area contributed by atoms with Gasteiger partial charge in [-0.15, -0.1) is 0 Å². The Bertz CT molecular complexity index is 388. The minimum absolute atomic E-state index is 0.238. The average molecular weight is 258 g/mol. The van der Waals surface area contributed by atoms with Gasteiger partial charge in [-0.2, -0.15) is 0 Å². The molecule has 1 rings (SSSR count). The molecule has 0 aromatic heterocycles. The highest BCUT2D eigenvalue weighted by molar-refractivity contribution is 5.46. The lowest BCUT2D eigenvalue weighted by Gasteiger charge is -2.19. The number of benzene rings is 1. The molecule has 0 saturated carbocycles. The second-order valence-electron chi connectivity index (χ2n) is 5.14. The molecule has 19 heavy (non-hydrogen) atoms. The van der Waals surface area contributed by atoms with Gasteiger partial charge in [0.15, 0.2) is 0 Å². The maximum absolute atomic E-state index is 3.34. The van der Waals surface area contributed by atoms with E-state index in [1.165, 1.54) is 17.5 Å². The van der Waals surface area contributed by atoms with Crippen molar-refractivity contribution >= 4 is 12.4 Å². The van der Waals surface area contributed by atoms with E-state index in [0.29, 0.717) is 0 Å². The SMILES string of the molecule is C/C=C\CNc1ccc(C(C)(C)C)cc1.C=CN=C. The quantitative estimate of drug-likeness (QED) is 0.608. The molecule has 104 valence electrons. The summed E-state index contributed by atoms with van der Waals surface area (Å²) in [5, 5.41) is 3.34. The third-order valence-electron chi connectivity index (χ3n) is 2.54. The van der Waals surface area contributed by atoms with Crippen LogP contribution in [-0.4, -0.2) is 13.3 Å².